The molecule has 1 aromatic carbocycles. The molecule has 2 nitrogen and oxygen atoms in total. The van der Waals surface area contributed by atoms with E-state index in [1.807, 2.05) is 44.2 Å². The van der Waals surface area contributed by atoms with Crippen LogP contribution in [0.4, 0.5) is 0 Å². The molecule has 2 rings (SSSR count). The van der Waals surface area contributed by atoms with Crippen LogP contribution in [0.25, 0.3) is 10.4 Å². The second kappa shape index (κ2) is 5.55. The van der Waals surface area contributed by atoms with Gasteiger partial charge in [-0.2, -0.15) is 5.26 Å². The minimum atomic E-state index is 0.0684. The highest BCUT2D eigenvalue weighted by Crippen LogP contribution is 2.33. The number of halogens is 1. The third-order valence-electron chi connectivity index (χ3n) is 2.32. The van der Waals surface area contributed by atoms with Crippen LogP contribution in [0, 0.1) is 11.3 Å². The van der Waals surface area contributed by atoms with E-state index in [9.17, 15) is 5.26 Å². The first-order valence-electron chi connectivity index (χ1n) is 5.56. The Hall–Kier alpha value is -1.31. The molecule has 0 N–H and O–H groups in total. The highest BCUT2D eigenvalue weighted by atomic mass is 79.9. The van der Waals surface area contributed by atoms with Crippen LogP contribution in [-0.2, 0) is 0 Å². The predicted molar refractivity (Wildman–Crippen MR) is 77.9 cm³/mol. The molecule has 18 heavy (non-hydrogen) atoms. The smallest absolute Gasteiger partial charge is 0.137 e. The van der Waals surface area contributed by atoms with Crippen molar-refractivity contribution in [1.29, 1.82) is 5.26 Å². The van der Waals surface area contributed by atoms with Gasteiger partial charge in [-0.25, -0.2) is 0 Å². The summed E-state index contributed by atoms with van der Waals surface area (Å²) in [7, 11) is 0. The lowest BCUT2D eigenvalue weighted by atomic mass is 10.1. The molecule has 0 saturated carbocycles. The maximum absolute atomic E-state index is 9.17. The number of hydrogen-bond donors (Lipinski definition) is 0. The van der Waals surface area contributed by atoms with Crippen LogP contribution >= 0.6 is 27.3 Å². The molecule has 0 aliphatic heterocycles. The van der Waals surface area contributed by atoms with Crippen molar-refractivity contribution in [3.8, 4) is 22.3 Å². The third-order valence-corrected chi connectivity index (χ3v) is 3.99. The van der Waals surface area contributed by atoms with Crippen LogP contribution in [0.2, 0.25) is 0 Å². The van der Waals surface area contributed by atoms with Crippen molar-refractivity contribution in [2.24, 2.45) is 0 Å². The number of rotatable bonds is 3. The molecule has 0 bridgehead atoms. The summed E-state index contributed by atoms with van der Waals surface area (Å²) in [6, 6.07) is 11.9. The summed E-state index contributed by atoms with van der Waals surface area (Å²) in [6.07, 6.45) is 0.0684. The summed E-state index contributed by atoms with van der Waals surface area (Å²) >= 11 is 5.09. The van der Waals surface area contributed by atoms with Crippen molar-refractivity contribution in [1.82, 2.24) is 0 Å². The Morgan fingerprint density at radius 3 is 2.61 bits per heavy atom. The SMILES string of the molecule is CC(C)Oc1ccc(-c2ccc(Br)s2)cc1C#N. The van der Waals surface area contributed by atoms with Crippen LogP contribution < -0.4 is 4.74 Å². The van der Waals surface area contributed by atoms with E-state index < -0.39 is 0 Å². The number of nitriles is 1. The minimum Gasteiger partial charge on any atom is -0.490 e. The Kier molecular flexibility index (Phi) is 4.05. The van der Waals surface area contributed by atoms with Gasteiger partial charge in [-0.15, -0.1) is 11.3 Å². The monoisotopic (exact) mass is 321 g/mol. The van der Waals surface area contributed by atoms with Crippen LogP contribution in [0.3, 0.4) is 0 Å². The number of hydrogen-bond acceptors (Lipinski definition) is 3. The summed E-state index contributed by atoms with van der Waals surface area (Å²) < 4.78 is 6.69. The van der Waals surface area contributed by atoms with Crippen molar-refractivity contribution >= 4 is 27.3 Å². The number of nitrogens with zero attached hydrogens (tertiary/aromatic N) is 1. The fraction of sp³-hybridized carbons (Fsp3) is 0.214. The molecule has 1 heterocycles. The molecule has 0 unspecified atom stereocenters. The fourth-order valence-electron chi connectivity index (χ4n) is 1.60. The van der Waals surface area contributed by atoms with Crippen LogP contribution in [0.1, 0.15) is 19.4 Å². The Bertz CT molecular complexity index is 598. The van der Waals surface area contributed by atoms with Gasteiger partial charge in [0.1, 0.15) is 11.8 Å². The minimum absolute atomic E-state index is 0.0684. The number of ether oxygens (including phenoxy) is 1. The van der Waals surface area contributed by atoms with Gasteiger partial charge in [-0.3, -0.25) is 0 Å². The zero-order valence-electron chi connectivity index (χ0n) is 10.1. The number of thiophene rings is 1. The molecule has 0 aliphatic carbocycles. The molecule has 0 fully saturated rings. The van der Waals surface area contributed by atoms with E-state index in [1.54, 1.807) is 11.3 Å². The molecule has 4 heteroatoms. The lowest BCUT2D eigenvalue weighted by Gasteiger charge is -2.11. The first-order chi connectivity index (χ1) is 8.60. The molecule has 92 valence electrons. The second-order valence-corrected chi connectivity index (χ2v) is 6.56. The summed E-state index contributed by atoms with van der Waals surface area (Å²) in [5.41, 5.74) is 1.61. The number of benzene rings is 1. The Balaban J connectivity index is 2.39. The van der Waals surface area contributed by atoms with Crippen molar-refractivity contribution in [2.45, 2.75) is 20.0 Å². The van der Waals surface area contributed by atoms with Crippen LogP contribution in [0.15, 0.2) is 34.1 Å². The van der Waals surface area contributed by atoms with E-state index in [4.69, 9.17) is 4.74 Å². The normalized spacial score (nSPS) is 10.4. The average Bonchev–Trinajstić information content (AvgIpc) is 2.75. The van der Waals surface area contributed by atoms with Crippen molar-refractivity contribution in [2.75, 3.05) is 0 Å². The zero-order valence-corrected chi connectivity index (χ0v) is 12.5. The maximum Gasteiger partial charge on any atom is 0.137 e. The summed E-state index contributed by atoms with van der Waals surface area (Å²) in [4.78, 5) is 1.13. The van der Waals surface area contributed by atoms with Gasteiger partial charge in [0.25, 0.3) is 0 Å². The lowest BCUT2D eigenvalue weighted by Crippen LogP contribution is -2.06. The molecule has 0 atom stereocenters. The van der Waals surface area contributed by atoms with E-state index in [0.29, 0.717) is 11.3 Å². The van der Waals surface area contributed by atoms with Gasteiger partial charge >= 0.3 is 0 Å². The second-order valence-electron chi connectivity index (χ2n) is 4.09. The Morgan fingerprint density at radius 2 is 2.06 bits per heavy atom. The van der Waals surface area contributed by atoms with E-state index in [0.717, 1.165) is 14.2 Å². The van der Waals surface area contributed by atoms with Crippen LogP contribution in [0.5, 0.6) is 5.75 Å². The topological polar surface area (TPSA) is 33.0 Å². The lowest BCUT2D eigenvalue weighted by molar-refractivity contribution is 0.242. The largest absolute Gasteiger partial charge is 0.490 e. The summed E-state index contributed by atoms with van der Waals surface area (Å²) in [6.45, 7) is 3.90. The molecule has 1 aromatic heterocycles. The standard InChI is InChI=1S/C14H12BrNOS/c1-9(2)17-12-4-3-10(7-11(12)8-16)13-5-6-14(15)18-13/h3-7,9H,1-2H3. The predicted octanol–water partition coefficient (Wildman–Crippen LogP) is 4.84. The van der Waals surface area contributed by atoms with Crippen LogP contribution in [-0.4, -0.2) is 6.10 Å². The summed E-state index contributed by atoms with van der Waals surface area (Å²) in [5, 5.41) is 9.17. The average molecular weight is 322 g/mol. The van der Waals surface area contributed by atoms with Gasteiger partial charge < -0.3 is 4.74 Å². The van der Waals surface area contributed by atoms with Crippen molar-refractivity contribution in [3.05, 3.63) is 39.7 Å². The molecular formula is C14H12BrNOS. The fourth-order valence-corrected chi connectivity index (χ4v) is 2.98. The van der Waals surface area contributed by atoms with Gasteiger partial charge in [0.05, 0.1) is 15.5 Å². The highest BCUT2D eigenvalue weighted by molar-refractivity contribution is 9.11. The van der Waals surface area contributed by atoms with Crippen molar-refractivity contribution in [3.63, 3.8) is 0 Å². The quantitative estimate of drug-likeness (QED) is 0.810. The van der Waals surface area contributed by atoms with Gasteiger partial charge in [-0.05, 0) is 65.7 Å². The molecule has 0 saturated heterocycles. The molecule has 0 aliphatic rings. The first-order valence-corrected chi connectivity index (χ1v) is 7.17. The summed E-state index contributed by atoms with van der Waals surface area (Å²) in [5.74, 6) is 0.645. The zero-order chi connectivity index (χ0) is 13.1. The maximum atomic E-state index is 9.17. The highest BCUT2D eigenvalue weighted by Gasteiger charge is 2.09. The molecule has 2 aromatic rings. The van der Waals surface area contributed by atoms with E-state index >= 15 is 0 Å². The van der Waals surface area contributed by atoms with Gasteiger partial charge in [0.15, 0.2) is 0 Å². The van der Waals surface area contributed by atoms with E-state index in [2.05, 4.69) is 22.0 Å². The Morgan fingerprint density at radius 1 is 1.28 bits per heavy atom. The Labute approximate surface area is 119 Å². The van der Waals surface area contributed by atoms with Gasteiger partial charge in [0.2, 0.25) is 0 Å². The third kappa shape index (κ3) is 2.92. The van der Waals surface area contributed by atoms with Gasteiger partial charge in [0, 0.05) is 4.88 Å². The molecule has 0 amide bonds. The first kappa shape index (κ1) is 13.1. The van der Waals surface area contributed by atoms with Gasteiger partial charge in [-0.1, -0.05) is 0 Å². The molecule has 0 spiro atoms. The molecular weight excluding hydrogens is 310 g/mol. The van der Waals surface area contributed by atoms with E-state index in [-0.39, 0.29) is 6.10 Å². The van der Waals surface area contributed by atoms with Crippen molar-refractivity contribution < 1.29 is 4.74 Å². The molecule has 0 radical (unpaired) electrons. The van der Waals surface area contributed by atoms with E-state index in [1.165, 1.54) is 0 Å².